The van der Waals surface area contributed by atoms with E-state index in [9.17, 15) is 8.42 Å². The average molecular weight is 300 g/mol. The van der Waals surface area contributed by atoms with Crippen molar-refractivity contribution < 1.29 is 8.42 Å². The number of aromatic nitrogens is 6. The molecule has 0 bridgehead atoms. The van der Waals surface area contributed by atoms with Crippen molar-refractivity contribution in [3.8, 4) is 0 Å². The number of hydrogen-bond acceptors (Lipinski definition) is 6. The molecule has 0 fully saturated rings. The third-order valence-electron chi connectivity index (χ3n) is 3.05. The molecule has 0 saturated heterocycles. The first-order chi connectivity index (χ1) is 10.2. The average Bonchev–Trinajstić information content (AvgIpc) is 3.12. The Morgan fingerprint density at radius 1 is 0.714 bits per heavy atom. The van der Waals surface area contributed by atoms with Gasteiger partial charge in [-0.3, -0.25) is 8.80 Å². The standard InChI is InChI=1S/C12H8N6O2S/c19-21(20,11-15-13-9-5-1-3-7-17(9)11)12-16-14-10-6-2-4-8-18(10)12/h1-8H. The fourth-order valence-electron chi connectivity index (χ4n) is 2.09. The van der Waals surface area contributed by atoms with Gasteiger partial charge in [-0.15, -0.1) is 20.4 Å². The van der Waals surface area contributed by atoms with E-state index in [4.69, 9.17) is 0 Å². The molecule has 0 atom stereocenters. The molecule has 0 saturated carbocycles. The van der Waals surface area contributed by atoms with Crippen LogP contribution in [0.15, 0.2) is 59.1 Å². The Bertz CT molecular complexity index is 985. The maximum absolute atomic E-state index is 12.7. The Balaban J connectivity index is 2.02. The molecule has 0 aromatic carbocycles. The summed E-state index contributed by atoms with van der Waals surface area (Å²) >= 11 is 0. The van der Waals surface area contributed by atoms with E-state index < -0.39 is 9.84 Å². The Hall–Kier alpha value is -2.81. The lowest BCUT2D eigenvalue weighted by atomic mass is 10.5. The Morgan fingerprint density at radius 2 is 1.19 bits per heavy atom. The summed E-state index contributed by atoms with van der Waals surface area (Å²) in [5.74, 6) is 0. The van der Waals surface area contributed by atoms with E-state index in [1.165, 1.54) is 8.80 Å². The van der Waals surface area contributed by atoms with Crippen LogP contribution in [0.25, 0.3) is 11.3 Å². The van der Waals surface area contributed by atoms with Gasteiger partial charge < -0.3 is 0 Å². The molecule has 4 aromatic rings. The van der Waals surface area contributed by atoms with Gasteiger partial charge in [-0.05, 0) is 24.3 Å². The van der Waals surface area contributed by atoms with Crippen LogP contribution in [0.3, 0.4) is 0 Å². The van der Waals surface area contributed by atoms with Crippen molar-refractivity contribution in [1.82, 2.24) is 29.2 Å². The van der Waals surface area contributed by atoms with Crippen LogP contribution in [0.5, 0.6) is 0 Å². The van der Waals surface area contributed by atoms with Crippen LogP contribution in [-0.4, -0.2) is 37.6 Å². The summed E-state index contributed by atoms with van der Waals surface area (Å²) in [4.78, 5) is 0. The second-order valence-corrected chi connectivity index (χ2v) is 6.06. The van der Waals surface area contributed by atoms with E-state index in [0.717, 1.165) is 0 Å². The highest BCUT2D eigenvalue weighted by atomic mass is 32.2. The number of pyridine rings is 2. The fraction of sp³-hybridized carbons (Fsp3) is 0. The molecule has 0 amide bonds. The molecule has 4 heterocycles. The predicted molar refractivity (Wildman–Crippen MR) is 71.4 cm³/mol. The van der Waals surface area contributed by atoms with Gasteiger partial charge in [-0.2, -0.15) is 0 Å². The minimum absolute atomic E-state index is 0.184. The molecule has 4 rings (SSSR count). The van der Waals surface area contributed by atoms with Crippen molar-refractivity contribution in [3.63, 3.8) is 0 Å². The first-order valence-corrected chi connectivity index (χ1v) is 7.51. The highest BCUT2D eigenvalue weighted by molar-refractivity contribution is 7.91. The van der Waals surface area contributed by atoms with Crippen molar-refractivity contribution in [2.45, 2.75) is 10.3 Å². The summed E-state index contributed by atoms with van der Waals surface area (Å²) in [7, 11) is -3.93. The molecular formula is C12H8N6O2S. The van der Waals surface area contributed by atoms with Gasteiger partial charge in [0, 0.05) is 12.4 Å². The number of fused-ring (bicyclic) bond motifs is 2. The summed E-state index contributed by atoms with van der Waals surface area (Å²) in [6.07, 6.45) is 3.18. The van der Waals surface area contributed by atoms with Crippen molar-refractivity contribution >= 4 is 21.1 Å². The van der Waals surface area contributed by atoms with Crippen molar-refractivity contribution in [2.75, 3.05) is 0 Å². The maximum Gasteiger partial charge on any atom is 0.277 e. The zero-order chi connectivity index (χ0) is 14.4. The topological polar surface area (TPSA) is 94.5 Å². The highest BCUT2D eigenvalue weighted by Crippen LogP contribution is 2.18. The molecule has 8 nitrogen and oxygen atoms in total. The van der Waals surface area contributed by atoms with Crippen LogP contribution >= 0.6 is 0 Å². The molecule has 0 aliphatic rings. The van der Waals surface area contributed by atoms with Gasteiger partial charge in [0.25, 0.3) is 20.2 Å². The van der Waals surface area contributed by atoms with E-state index in [1.54, 1.807) is 48.8 Å². The summed E-state index contributed by atoms with van der Waals surface area (Å²) in [5, 5.41) is 14.9. The normalized spacial score (nSPS) is 12.2. The predicted octanol–water partition coefficient (Wildman–Crippen LogP) is 0.605. The van der Waals surface area contributed by atoms with Crippen LogP contribution in [0.4, 0.5) is 0 Å². The van der Waals surface area contributed by atoms with Crippen molar-refractivity contribution in [2.24, 2.45) is 0 Å². The van der Waals surface area contributed by atoms with Crippen LogP contribution in [-0.2, 0) is 9.84 Å². The number of hydrogen-bond donors (Lipinski definition) is 0. The Labute approximate surface area is 118 Å². The van der Waals surface area contributed by atoms with Gasteiger partial charge in [0.05, 0.1) is 0 Å². The number of rotatable bonds is 2. The Kier molecular flexibility index (Phi) is 2.33. The lowest BCUT2D eigenvalue weighted by Crippen LogP contribution is -2.11. The number of nitrogens with zero attached hydrogens (tertiary/aromatic N) is 6. The molecule has 0 aliphatic carbocycles. The van der Waals surface area contributed by atoms with Crippen molar-refractivity contribution in [1.29, 1.82) is 0 Å². The lowest BCUT2D eigenvalue weighted by Gasteiger charge is -2.00. The largest absolute Gasteiger partial charge is 0.277 e. The van der Waals surface area contributed by atoms with Crippen LogP contribution in [0.1, 0.15) is 0 Å². The van der Waals surface area contributed by atoms with Crippen molar-refractivity contribution in [3.05, 3.63) is 48.8 Å². The van der Waals surface area contributed by atoms with E-state index in [2.05, 4.69) is 20.4 Å². The van der Waals surface area contributed by atoms with Gasteiger partial charge in [-0.25, -0.2) is 8.42 Å². The summed E-state index contributed by atoms with van der Waals surface area (Å²) in [6.45, 7) is 0. The third kappa shape index (κ3) is 1.64. The van der Waals surface area contributed by atoms with Gasteiger partial charge in [0.2, 0.25) is 0 Å². The molecule has 0 N–H and O–H groups in total. The van der Waals surface area contributed by atoms with Gasteiger partial charge in [0.15, 0.2) is 11.3 Å². The third-order valence-corrected chi connectivity index (χ3v) is 4.56. The first kappa shape index (κ1) is 12.0. The molecule has 0 aliphatic heterocycles. The molecule has 0 radical (unpaired) electrons. The molecule has 0 unspecified atom stereocenters. The molecule has 0 spiro atoms. The van der Waals surface area contributed by atoms with Gasteiger partial charge in [-0.1, -0.05) is 12.1 Å². The minimum atomic E-state index is -3.93. The van der Waals surface area contributed by atoms with E-state index >= 15 is 0 Å². The number of sulfone groups is 1. The molecule has 21 heavy (non-hydrogen) atoms. The second kappa shape index (κ2) is 4.09. The first-order valence-electron chi connectivity index (χ1n) is 6.02. The van der Waals surface area contributed by atoms with Gasteiger partial charge in [0.1, 0.15) is 0 Å². The monoisotopic (exact) mass is 300 g/mol. The molecule has 104 valence electrons. The lowest BCUT2D eigenvalue weighted by molar-refractivity contribution is 0.574. The SMILES string of the molecule is O=S(=O)(c1nnc2ccccn12)c1nnc2ccccn12. The van der Waals surface area contributed by atoms with Crippen LogP contribution < -0.4 is 0 Å². The van der Waals surface area contributed by atoms with E-state index in [0.29, 0.717) is 11.3 Å². The summed E-state index contributed by atoms with van der Waals surface area (Å²) < 4.78 is 28.3. The molecular weight excluding hydrogens is 292 g/mol. The van der Waals surface area contributed by atoms with Crippen LogP contribution in [0, 0.1) is 0 Å². The van der Waals surface area contributed by atoms with E-state index in [-0.39, 0.29) is 10.3 Å². The fourth-order valence-corrected chi connectivity index (χ4v) is 3.37. The molecule has 9 heteroatoms. The van der Waals surface area contributed by atoms with E-state index in [1.807, 2.05) is 0 Å². The van der Waals surface area contributed by atoms with Gasteiger partial charge >= 0.3 is 0 Å². The summed E-state index contributed by atoms with van der Waals surface area (Å²) in [6, 6.07) is 10.3. The molecule has 4 aromatic heterocycles. The smallest absolute Gasteiger partial charge is 0.273 e. The quantitative estimate of drug-likeness (QED) is 0.538. The zero-order valence-electron chi connectivity index (χ0n) is 10.5. The summed E-state index contributed by atoms with van der Waals surface area (Å²) in [5.41, 5.74) is 0.898. The zero-order valence-corrected chi connectivity index (χ0v) is 11.3. The van der Waals surface area contributed by atoms with Crippen LogP contribution in [0.2, 0.25) is 0 Å². The minimum Gasteiger partial charge on any atom is -0.273 e. The highest BCUT2D eigenvalue weighted by Gasteiger charge is 2.29. The maximum atomic E-state index is 12.7. The second-order valence-electron chi connectivity index (χ2n) is 4.33. The Morgan fingerprint density at radius 3 is 1.67 bits per heavy atom.